The number of amides is 1. The number of hydrogen-bond acceptors (Lipinski definition) is 3. The fourth-order valence-corrected chi connectivity index (χ4v) is 4.77. The van der Waals surface area contributed by atoms with Crippen molar-refractivity contribution in [3.8, 4) is 0 Å². The van der Waals surface area contributed by atoms with Gasteiger partial charge in [-0.25, -0.2) is 8.42 Å². The molecule has 0 aromatic heterocycles. The van der Waals surface area contributed by atoms with E-state index in [9.17, 15) is 26.4 Å². The summed E-state index contributed by atoms with van der Waals surface area (Å²) < 4.78 is 65.4. The van der Waals surface area contributed by atoms with Crippen LogP contribution in [-0.2, 0) is 21.0 Å². The molecule has 0 unspecified atom stereocenters. The maximum Gasteiger partial charge on any atom is 0.417 e. The van der Waals surface area contributed by atoms with Crippen LogP contribution >= 0.6 is 11.6 Å². The molecule has 2 fully saturated rings. The number of nitrogens with zero attached hydrogens (tertiary/aromatic N) is 2. The second-order valence-electron chi connectivity index (χ2n) is 6.50. The summed E-state index contributed by atoms with van der Waals surface area (Å²) in [5.41, 5.74) is -1.18. The topological polar surface area (TPSA) is 57.7 Å². The van der Waals surface area contributed by atoms with Crippen LogP contribution in [0.1, 0.15) is 24.8 Å². The smallest absolute Gasteiger partial charge is 0.340 e. The minimum absolute atomic E-state index is 0.0313. The zero-order valence-corrected chi connectivity index (χ0v) is 15.4. The van der Waals surface area contributed by atoms with Gasteiger partial charge in [-0.05, 0) is 31.0 Å². The monoisotopic (exact) mass is 410 g/mol. The van der Waals surface area contributed by atoms with Gasteiger partial charge in [-0.15, -0.1) is 0 Å². The summed E-state index contributed by atoms with van der Waals surface area (Å²) in [6.07, 6.45) is -1.98. The molecule has 0 atom stereocenters. The molecule has 3 rings (SSSR count). The van der Waals surface area contributed by atoms with Gasteiger partial charge in [0.2, 0.25) is 15.9 Å². The predicted octanol–water partition coefficient (Wildman–Crippen LogP) is 2.99. The van der Waals surface area contributed by atoms with Crippen molar-refractivity contribution in [2.45, 2.75) is 30.3 Å². The number of halogens is 4. The van der Waals surface area contributed by atoms with Gasteiger partial charge in [-0.2, -0.15) is 17.5 Å². The Labute approximate surface area is 154 Å². The lowest BCUT2D eigenvalue weighted by atomic mass is 9.84. The van der Waals surface area contributed by atoms with Crippen LogP contribution in [0.5, 0.6) is 0 Å². The molecule has 0 bridgehead atoms. The lowest BCUT2D eigenvalue weighted by molar-refractivity contribution is -0.139. The first-order valence-electron chi connectivity index (χ1n) is 8.26. The molecule has 1 aliphatic heterocycles. The van der Waals surface area contributed by atoms with E-state index in [1.807, 2.05) is 0 Å². The van der Waals surface area contributed by atoms with Crippen molar-refractivity contribution < 1.29 is 26.4 Å². The van der Waals surface area contributed by atoms with Gasteiger partial charge in [-0.1, -0.05) is 18.0 Å². The van der Waals surface area contributed by atoms with Crippen LogP contribution in [0, 0.1) is 5.92 Å². The van der Waals surface area contributed by atoms with Crippen LogP contribution in [0.15, 0.2) is 23.1 Å². The Bertz CT molecular complexity index is 801. The highest BCUT2D eigenvalue weighted by atomic mass is 35.5. The van der Waals surface area contributed by atoms with E-state index >= 15 is 0 Å². The van der Waals surface area contributed by atoms with Crippen LogP contribution in [0.3, 0.4) is 0 Å². The van der Waals surface area contributed by atoms with E-state index in [-0.39, 0.29) is 38.0 Å². The molecular formula is C16H18ClF3N2O3S. The maximum absolute atomic E-state index is 13.0. The third-order valence-electron chi connectivity index (χ3n) is 4.89. The van der Waals surface area contributed by atoms with Crippen LogP contribution in [-0.4, -0.2) is 49.7 Å². The quantitative estimate of drug-likeness (QED) is 0.769. The molecule has 26 heavy (non-hydrogen) atoms. The van der Waals surface area contributed by atoms with E-state index in [2.05, 4.69) is 0 Å². The Morgan fingerprint density at radius 2 is 1.73 bits per heavy atom. The molecule has 1 heterocycles. The van der Waals surface area contributed by atoms with Crippen LogP contribution < -0.4 is 0 Å². The molecule has 10 heteroatoms. The molecule has 1 saturated heterocycles. The molecule has 1 saturated carbocycles. The van der Waals surface area contributed by atoms with Gasteiger partial charge in [0.25, 0.3) is 0 Å². The number of sulfonamides is 1. The second kappa shape index (κ2) is 7.01. The lowest BCUT2D eigenvalue weighted by Gasteiger charge is -2.37. The number of rotatable bonds is 3. The summed E-state index contributed by atoms with van der Waals surface area (Å²) in [4.78, 5) is 13.4. The van der Waals surface area contributed by atoms with E-state index in [0.29, 0.717) is 6.07 Å². The van der Waals surface area contributed by atoms with E-state index in [4.69, 9.17) is 11.6 Å². The second-order valence-corrected chi connectivity index (χ2v) is 8.84. The summed E-state index contributed by atoms with van der Waals surface area (Å²) in [5, 5.41) is -0.549. The standard InChI is InChI=1S/C16H18ClF3N2O3S/c17-14-5-4-12(10-13(14)16(18,19)20)26(24,25)22-8-6-21(7-9-22)15(23)11-2-1-3-11/h4-5,10-11H,1-3,6-9H2. The van der Waals surface area contributed by atoms with Crippen molar-refractivity contribution in [1.82, 2.24) is 9.21 Å². The van der Waals surface area contributed by atoms with E-state index < -0.39 is 31.7 Å². The van der Waals surface area contributed by atoms with Crippen molar-refractivity contribution in [3.05, 3.63) is 28.8 Å². The first-order valence-corrected chi connectivity index (χ1v) is 10.1. The first kappa shape index (κ1) is 19.4. The third kappa shape index (κ3) is 3.70. The average Bonchev–Trinajstić information content (AvgIpc) is 2.52. The molecule has 1 aromatic rings. The Kier molecular flexibility index (Phi) is 5.24. The molecule has 144 valence electrons. The van der Waals surface area contributed by atoms with E-state index in [1.165, 1.54) is 0 Å². The summed E-state index contributed by atoms with van der Waals surface area (Å²) in [6, 6.07) is 2.57. The minimum atomic E-state index is -4.74. The van der Waals surface area contributed by atoms with Gasteiger partial charge in [0.1, 0.15) is 0 Å². The highest BCUT2D eigenvalue weighted by Crippen LogP contribution is 2.36. The third-order valence-corrected chi connectivity index (χ3v) is 7.11. The number of carbonyl (C=O) groups excluding carboxylic acids is 1. The predicted molar refractivity (Wildman–Crippen MR) is 89.1 cm³/mol. The van der Waals surface area contributed by atoms with Gasteiger partial charge < -0.3 is 4.90 Å². The molecule has 1 aromatic carbocycles. The zero-order chi connectivity index (χ0) is 19.1. The first-order chi connectivity index (χ1) is 12.1. The molecule has 2 aliphatic rings. The highest BCUT2D eigenvalue weighted by Gasteiger charge is 2.37. The summed E-state index contributed by atoms with van der Waals surface area (Å²) >= 11 is 5.55. The summed E-state index contributed by atoms with van der Waals surface area (Å²) in [7, 11) is -4.09. The van der Waals surface area contributed by atoms with Crippen LogP contribution in [0.2, 0.25) is 5.02 Å². The SMILES string of the molecule is O=C(C1CCC1)N1CCN(S(=O)(=O)c2ccc(Cl)c(C(F)(F)F)c2)CC1. The molecule has 1 amide bonds. The molecule has 1 aliphatic carbocycles. The summed E-state index contributed by atoms with van der Waals surface area (Å²) in [5.74, 6) is 0.0721. The average molecular weight is 411 g/mol. The van der Waals surface area contributed by atoms with Crippen molar-refractivity contribution in [2.75, 3.05) is 26.2 Å². The molecule has 0 spiro atoms. The lowest BCUT2D eigenvalue weighted by Crippen LogP contribution is -2.52. The van der Waals surface area contributed by atoms with Gasteiger partial charge in [-0.3, -0.25) is 4.79 Å². The fourth-order valence-electron chi connectivity index (χ4n) is 3.09. The molecule has 0 N–H and O–H groups in total. The van der Waals surface area contributed by atoms with Crippen LogP contribution in [0.25, 0.3) is 0 Å². The van der Waals surface area contributed by atoms with E-state index in [1.54, 1.807) is 4.90 Å². The number of hydrogen-bond donors (Lipinski definition) is 0. The van der Waals surface area contributed by atoms with Gasteiger partial charge in [0.05, 0.1) is 15.5 Å². The Balaban J connectivity index is 1.74. The normalized spacial score (nSPS) is 20.1. The molecular weight excluding hydrogens is 393 g/mol. The van der Waals surface area contributed by atoms with E-state index in [0.717, 1.165) is 35.7 Å². The van der Waals surface area contributed by atoms with Crippen molar-refractivity contribution in [2.24, 2.45) is 5.92 Å². The highest BCUT2D eigenvalue weighted by molar-refractivity contribution is 7.89. The van der Waals surface area contributed by atoms with Crippen molar-refractivity contribution in [3.63, 3.8) is 0 Å². The van der Waals surface area contributed by atoms with Gasteiger partial charge >= 0.3 is 6.18 Å². The van der Waals surface area contributed by atoms with Crippen LogP contribution in [0.4, 0.5) is 13.2 Å². The summed E-state index contributed by atoms with van der Waals surface area (Å²) in [6.45, 7) is 0.609. The van der Waals surface area contributed by atoms with Gasteiger partial charge in [0, 0.05) is 32.1 Å². The Hall–Kier alpha value is -1.32. The minimum Gasteiger partial charge on any atom is -0.340 e. The largest absolute Gasteiger partial charge is 0.417 e. The number of benzene rings is 1. The number of carbonyl (C=O) groups is 1. The maximum atomic E-state index is 13.0. The Morgan fingerprint density at radius 3 is 2.23 bits per heavy atom. The van der Waals surface area contributed by atoms with Crippen molar-refractivity contribution >= 4 is 27.5 Å². The number of piperazine rings is 1. The number of alkyl halides is 3. The molecule has 5 nitrogen and oxygen atoms in total. The van der Waals surface area contributed by atoms with Gasteiger partial charge in [0.15, 0.2) is 0 Å². The fraction of sp³-hybridized carbons (Fsp3) is 0.562. The Morgan fingerprint density at radius 1 is 1.12 bits per heavy atom. The van der Waals surface area contributed by atoms with Crippen molar-refractivity contribution in [1.29, 1.82) is 0 Å². The zero-order valence-electron chi connectivity index (χ0n) is 13.8. The molecule has 0 radical (unpaired) electrons.